The zero-order valence-corrected chi connectivity index (χ0v) is 14.6. The summed E-state index contributed by atoms with van der Waals surface area (Å²) in [7, 11) is 1.34. The molecule has 138 valence electrons. The number of rotatable bonds is 5. The van der Waals surface area contributed by atoms with Crippen LogP contribution >= 0.6 is 0 Å². The highest BCUT2D eigenvalue weighted by Gasteiger charge is 2.14. The predicted octanol–water partition coefficient (Wildman–Crippen LogP) is 2.26. The average molecular weight is 368 g/mol. The first-order valence-electron chi connectivity index (χ1n) is 7.97. The predicted molar refractivity (Wildman–Crippen MR) is 99.0 cm³/mol. The molecule has 0 fully saturated rings. The van der Waals surface area contributed by atoms with Crippen molar-refractivity contribution >= 4 is 28.2 Å². The molecular weight excluding hydrogens is 352 g/mol. The molecule has 0 aliphatic carbocycles. The molecule has 0 radical (unpaired) electrons. The van der Waals surface area contributed by atoms with Crippen LogP contribution in [0, 0.1) is 17.0 Å². The number of nitrogens with zero attached hydrogens (tertiary/aromatic N) is 3. The van der Waals surface area contributed by atoms with Crippen molar-refractivity contribution in [1.82, 2.24) is 9.55 Å². The van der Waals surface area contributed by atoms with E-state index in [-0.39, 0.29) is 29.2 Å². The quantitative estimate of drug-likeness (QED) is 0.545. The third kappa shape index (κ3) is 3.61. The standard InChI is InChI=1S/C18H16N4O5/c1-11-4-3-5-13-17(11)19-10-21(18(13)24)9-16(23)20-14-7-6-12(22(25)26)8-15(14)27-2/h3-8,10H,9H2,1-2H3,(H,20,23). The summed E-state index contributed by atoms with van der Waals surface area (Å²) in [6, 6.07) is 9.11. The van der Waals surface area contributed by atoms with Crippen molar-refractivity contribution in [3.05, 3.63) is 68.8 Å². The number of non-ortho nitro benzene ring substituents is 1. The second-order valence-corrected chi connectivity index (χ2v) is 5.84. The summed E-state index contributed by atoms with van der Waals surface area (Å²) in [5.41, 5.74) is 1.25. The van der Waals surface area contributed by atoms with Gasteiger partial charge < -0.3 is 10.1 Å². The molecule has 2 aromatic carbocycles. The van der Waals surface area contributed by atoms with Gasteiger partial charge in [-0.2, -0.15) is 0 Å². The van der Waals surface area contributed by atoms with Crippen molar-refractivity contribution in [2.45, 2.75) is 13.5 Å². The van der Waals surface area contributed by atoms with Crippen LogP contribution in [0.4, 0.5) is 11.4 Å². The van der Waals surface area contributed by atoms with Crippen molar-refractivity contribution in [1.29, 1.82) is 0 Å². The van der Waals surface area contributed by atoms with Crippen molar-refractivity contribution in [3.63, 3.8) is 0 Å². The fraction of sp³-hybridized carbons (Fsp3) is 0.167. The number of amides is 1. The second kappa shape index (κ2) is 7.24. The van der Waals surface area contributed by atoms with Crippen LogP contribution in [-0.2, 0) is 11.3 Å². The lowest BCUT2D eigenvalue weighted by Gasteiger charge is -2.11. The fourth-order valence-electron chi connectivity index (χ4n) is 2.69. The molecule has 0 bridgehead atoms. The molecule has 0 atom stereocenters. The number of hydrogen-bond donors (Lipinski definition) is 1. The number of aromatic nitrogens is 2. The minimum Gasteiger partial charge on any atom is -0.494 e. The van der Waals surface area contributed by atoms with Gasteiger partial charge in [0.25, 0.3) is 11.2 Å². The number of anilines is 1. The second-order valence-electron chi connectivity index (χ2n) is 5.84. The van der Waals surface area contributed by atoms with Gasteiger partial charge in [-0.25, -0.2) is 4.98 Å². The van der Waals surface area contributed by atoms with Gasteiger partial charge in [0.1, 0.15) is 12.3 Å². The van der Waals surface area contributed by atoms with E-state index in [9.17, 15) is 19.7 Å². The zero-order chi connectivity index (χ0) is 19.6. The van der Waals surface area contributed by atoms with E-state index in [1.165, 1.54) is 36.2 Å². The van der Waals surface area contributed by atoms with Gasteiger partial charge in [-0.1, -0.05) is 12.1 Å². The largest absolute Gasteiger partial charge is 0.494 e. The number of carbonyl (C=O) groups is 1. The maximum atomic E-state index is 12.6. The van der Waals surface area contributed by atoms with Gasteiger partial charge in [0.2, 0.25) is 5.91 Å². The van der Waals surface area contributed by atoms with Crippen LogP contribution in [0.3, 0.4) is 0 Å². The number of nitrogens with one attached hydrogen (secondary N) is 1. The lowest BCUT2D eigenvalue weighted by Crippen LogP contribution is -2.28. The number of nitro groups is 1. The van der Waals surface area contributed by atoms with Crippen LogP contribution in [0.2, 0.25) is 0 Å². The number of fused-ring (bicyclic) bond motifs is 1. The van der Waals surface area contributed by atoms with E-state index in [4.69, 9.17) is 4.74 Å². The summed E-state index contributed by atoms with van der Waals surface area (Å²) in [4.78, 5) is 39.4. The highest BCUT2D eigenvalue weighted by atomic mass is 16.6. The lowest BCUT2D eigenvalue weighted by molar-refractivity contribution is -0.384. The van der Waals surface area contributed by atoms with E-state index in [2.05, 4.69) is 10.3 Å². The minimum absolute atomic E-state index is 0.150. The van der Waals surface area contributed by atoms with Crippen molar-refractivity contribution in [2.24, 2.45) is 0 Å². The van der Waals surface area contributed by atoms with Crippen molar-refractivity contribution < 1.29 is 14.5 Å². The Morgan fingerprint density at radius 1 is 1.33 bits per heavy atom. The Morgan fingerprint density at radius 2 is 2.11 bits per heavy atom. The van der Waals surface area contributed by atoms with Crippen molar-refractivity contribution in [2.75, 3.05) is 12.4 Å². The number of methoxy groups -OCH3 is 1. The molecule has 1 amide bonds. The summed E-state index contributed by atoms with van der Waals surface area (Å²) in [5, 5.41) is 13.8. The van der Waals surface area contributed by atoms with Gasteiger partial charge >= 0.3 is 0 Å². The van der Waals surface area contributed by atoms with E-state index in [1.54, 1.807) is 12.1 Å². The third-order valence-corrected chi connectivity index (χ3v) is 4.04. The van der Waals surface area contributed by atoms with E-state index in [0.717, 1.165) is 5.56 Å². The van der Waals surface area contributed by atoms with Crippen LogP contribution in [0.25, 0.3) is 10.9 Å². The maximum absolute atomic E-state index is 12.6. The molecule has 0 spiro atoms. The molecule has 0 saturated carbocycles. The number of hydrogen-bond acceptors (Lipinski definition) is 6. The highest BCUT2D eigenvalue weighted by molar-refractivity contribution is 5.92. The first kappa shape index (κ1) is 18.1. The Bertz CT molecular complexity index is 1110. The molecule has 9 heteroatoms. The van der Waals surface area contributed by atoms with Crippen LogP contribution < -0.4 is 15.6 Å². The lowest BCUT2D eigenvalue weighted by atomic mass is 10.1. The summed E-state index contributed by atoms with van der Waals surface area (Å²) < 4.78 is 6.29. The first-order valence-corrected chi connectivity index (χ1v) is 7.97. The topological polar surface area (TPSA) is 116 Å². The number of carbonyl (C=O) groups excluding carboxylic acids is 1. The molecular formula is C18H16N4O5. The molecule has 0 unspecified atom stereocenters. The molecule has 1 N–H and O–H groups in total. The SMILES string of the molecule is COc1cc([N+](=O)[O-])ccc1NC(=O)Cn1cnc2c(C)cccc2c1=O. The Kier molecular flexibility index (Phi) is 4.84. The van der Waals surface area contributed by atoms with Gasteiger partial charge in [-0.15, -0.1) is 0 Å². The molecule has 0 aliphatic rings. The summed E-state index contributed by atoms with van der Waals surface area (Å²) in [5.74, 6) is -0.338. The monoisotopic (exact) mass is 368 g/mol. The number of benzene rings is 2. The molecule has 1 aromatic heterocycles. The van der Waals surface area contributed by atoms with Gasteiger partial charge in [0, 0.05) is 6.07 Å². The summed E-state index contributed by atoms with van der Waals surface area (Å²) in [6.07, 6.45) is 1.32. The Balaban J connectivity index is 1.85. The zero-order valence-electron chi connectivity index (χ0n) is 14.6. The van der Waals surface area contributed by atoms with E-state index in [0.29, 0.717) is 10.9 Å². The summed E-state index contributed by atoms with van der Waals surface area (Å²) >= 11 is 0. The van der Waals surface area contributed by atoms with E-state index >= 15 is 0 Å². The Hall–Kier alpha value is -3.75. The minimum atomic E-state index is -0.559. The third-order valence-electron chi connectivity index (χ3n) is 4.04. The van der Waals surface area contributed by atoms with Crippen LogP contribution in [0.5, 0.6) is 5.75 Å². The smallest absolute Gasteiger partial charge is 0.273 e. The molecule has 1 heterocycles. The Morgan fingerprint density at radius 3 is 2.81 bits per heavy atom. The van der Waals surface area contributed by atoms with E-state index < -0.39 is 10.8 Å². The van der Waals surface area contributed by atoms with Crippen molar-refractivity contribution in [3.8, 4) is 5.75 Å². The Labute approximate surface area is 153 Å². The number of ether oxygens (including phenoxy) is 1. The maximum Gasteiger partial charge on any atom is 0.273 e. The number of aryl methyl sites for hydroxylation is 1. The summed E-state index contributed by atoms with van der Waals surface area (Å²) in [6.45, 7) is 1.60. The molecule has 3 aromatic rings. The van der Waals surface area contributed by atoms with E-state index in [1.807, 2.05) is 13.0 Å². The number of para-hydroxylation sites is 1. The molecule has 27 heavy (non-hydrogen) atoms. The van der Waals surface area contributed by atoms with Gasteiger partial charge in [0.05, 0.1) is 41.0 Å². The molecule has 0 aliphatic heterocycles. The molecule has 3 rings (SSSR count). The molecule has 9 nitrogen and oxygen atoms in total. The van der Waals surface area contributed by atoms with Gasteiger partial charge in [0.15, 0.2) is 0 Å². The number of nitro benzene ring substituents is 1. The fourth-order valence-corrected chi connectivity index (χ4v) is 2.69. The van der Waals surface area contributed by atoms with Crippen LogP contribution in [0.15, 0.2) is 47.5 Å². The normalized spacial score (nSPS) is 10.6. The molecule has 0 saturated heterocycles. The average Bonchev–Trinajstić information content (AvgIpc) is 2.64. The van der Waals surface area contributed by atoms with Crippen LogP contribution in [-0.4, -0.2) is 27.5 Å². The first-order chi connectivity index (χ1) is 12.9. The van der Waals surface area contributed by atoms with Gasteiger partial charge in [-0.05, 0) is 24.6 Å². The van der Waals surface area contributed by atoms with Crippen LogP contribution in [0.1, 0.15) is 5.56 Å². The van der Waals surface area contributed by atoms with Gasteiger partial charge in [-0.3, -0.25) is 24.3 Å². The highest BCUT2D eigenvalue weighted by Crippen LogP contribution is 2.28.